The molecule has 0 aliphatic carbocycles. The highest BCUT2D eigenvalue weighted by molar-refractivity contribution is 6.37. The highest BCUT2D eigenvalue weighted by atomic mass is 28.2. The van der Waals surface area contributed by atoms with Crippen LogP contribution in [0.2, 0.25) is 11.6 Å². The molecule has 19 heavy (non-hydrogen) atoms. The van der Waals surface area contributed by atoms with Gasteiger partial charge in [0, 0.05) is 9.52 Å². The van der Waals surface area contributed by atoms with Crippen LogP contribution < -0.4 is 0 Å². The van der Waals surface area contributed by atoms with E-state index in [-0.39, 0.29) is 9.52 Å². The van der Waals surface area contributed by atoms with Crippen molar-refractivity contribution in [3.05, 3.63) is 35.4 Å². The van der Waals surface area contributed by atoms with E-state index in [0.717, 1.165) is 5.54 Å². The van der Waals surface area contributed by atoms with Crippen molar-refractivity contribution in [3.8, 4) is 0 Å². The van der Waals surface area contributed by atoms with Crippen LogP contribution in [0.25, 0.3) is 0 Å². The lowest BCUT2D eigenvalue weighted by Crippen LogP contribution is -2.03. The number of rotatable bonds is 9. The van der Waals surface area contributed by atoms with Gasteiger partial charge in [0.15, 0.2) is 0 Å². The SMILES string of the molecule is CCCC(CC)[SiH2]CCc1ccc(C(C)CC)cc1. The Bertz CT molecular complexity index is 328. The van der Waals surface area contributed by atoms with E-state index in [1.54, 1.807) is 5.56 Å². The summed E-state index contributed by atoms with van der Waals surface area (Å²) in [5, 5.41) is 0. The molecule has 0 aliphatic heterocycles. The fourth-order valence-electron chi connectivity index (χ4n) is 2.80. The Morgan fingerprint density at radius 3 is 2.21 bits per heavy atom. The number of benzene rings is 1. The van der Waals surface area contributed by atoms with E-state index >= 15 is 0 Å². The van der Waals surface area contributed by atoms with Gasteiger partial charge >= 0.3 is 0 Å². The molecular formula is C18H32Si. The fraction of sp³-hybridized carbons (Fsp3) is 0.667. The third kappa shape index (κ3) is 5.95. The molecule has 1 rings (SSSR count). The molecule has 1 aromatic carbocycles. The molecule has 1 heteroatoms. The number of hydrogen-bond donors (Lipinski definition) is 0. The number of aryl methyl sites for hydroxylation is 1. The summed E-state index contributed by atoms with van der Waals surface area (Å²) >= 11 is 0. The van der Waals surface area contributed by atoms with Gasteiger partial charge in [-0.3, -0.25) is 0 Å². The van der Waals surface area contributed by atoms with Crippen molar-refractivity contribution in [1.82, 2.24) is 0 Å². The van der Waals surface area contributed by atoms with Crippen molar-refractivity contribution in [2.75, 3.05) is 0 Å². The van der Waals surface area contributed by atoms with Gasteiger partial charge in [-0.25, -0.2) is 0 Å². The van der Waals surface area contributed by atoms with E-state index in [4.69, 9.17) is 0 Å². The van der Waals surface area contributed by atoms with E-state index in [1.807, 2.05) is 0 Å². The van der Waals surface area contributed by atoms with Crippen molar-refractivity contribution in [2.24, 2.45) is 0 Å². The summed E-state index contributed by atoms with van der Waals surface area (Å²) in [6.45, 7) is 9.28. The Morgan fingerprint density at radius 2 is 1.68 bits per heavy atom. The summed E-state index contributed by atoms with van der Waals surface area (Å²) in [5.41, 5.74) is 4.14. The summed E-state index contributed by atoms with van der Waals surface area (Å²) in [6, 6.07) is 10.9. The van der Waals surface area contributed by atoms with Crippen molar-refractivity contribution in [1.29, 1.82) is 0 Å². The summed E-state index contributed by atoms with van der Waals surface area (Å²) in [6.07, 6.45) is 6.80. The summed E-state index contributed by atoms with van der Waals surface area (Å²) in [5.74, 6) is 0.706. The predicted molar refractivity (Wildman–Crippen MR) is 91.2 cm³/mol. The molecule has 108 valence electrons. The molecule has 0 aromatic heterocycles. The summed E-state index contributed by atoms with van der Waals surface area (Å²) < 4.78 is 0. The van der Waals surface area contributed by atoms with Gasteiger partial charge in [-0.05, 0) is 29.9 Å². The minimum atomic E-state index is 0.141. The van der Waals surface area contributed by atoms with Crippen LogP contribution in [0.1, 0.15) is 70.4 Å². The van der Waals surface area contributed by atoms with Crippen LogP contribution in [-0.2, 0) is 6.42 Å². The molecule has 0 amide bonds. The Morgan fingerprint density at radius 1 is 1.00 bits per heavy atom. The van der Waals surface area contributed by atoms with Gasteiger partial charge in [-0.1, -0.05) is 82.8 Å². The number of hydrogen-bond acceptors (Lipinski definition) is 0. The van der Waals surface area contributed by atoms with E-state index in [9.17, 15) is 0 Å². The molecular weight excluding hydrogens is 244 g/mol. The monoisotopic (exact) mass is 276 g/mol. The Balaban J connectivity index is 2.37. The molecule has 0 N–H and O–H groups in total. The first-order valence-corrected chi connectivity index (χ1v) is 10.1. The van der Waals surface area contributed by atoms with Crippen LogP contribution in [0.15, 0.2) is 24.3 Å². The van der Waals surface area contributed by atoms with Crippen LogP contribution in [0.4, 0.5) is 0 Å². The Labute approximate surface area is 122 Å². The molecule has 2 unspecified atom stereocenters. The highest BCUT2D eigenvalue weighted by Crippen LogP contribution is 2.21. The van der Waals surface area contributed by atoms with Gasteiger partial charge in [0.1, 0.15) is 0 Å². The quantitative estimate of drug-likeness (QED) is 0.535. The van der Waals surface area contributed by atoms with Gasteiger partial charge in [0.05, 0.1) is 0 Å². The van der Waals surface area contributed by atoms with Crippen LogP contribution in [0, 0.1) is 0 Å². The minimum absolute atomic E-state index is 0.141. The van der Waals surface area contributed by atoms with Gasteiger partial charge in [0.25, 0.3) is 0 Å². The zero-order valence-electron chi connectivity index (χ0n) is 13.4. The molecule has 1 aromatic rings. The molecule has 0 bridgehead atoms. The van der Waals surface area contributed by atoms with Crippen molar-refractivity contribution < 1.29 is 0 Å². The minimum Gasteiger partial charge on any atom is -0.0654 e. The molecule has 0 aliphatic rings. The lowest BCUT2D eigenvalue weighted by Gasteiger charge is -2.13. The third-order valence-corrected chi connectivity index (χ3v) is 7.08. The van der Waals surface area contributed by atoms with Crippen molar-refractivity contribution in [3.63, 3.8) is 0 Å². The van der Waals surface area contributed by atoms with Crippen molar-refractivity contribution >= 4 is 9.52 Å². The maximum atomic E-state index is 2.37. The van der Waals surface area contributed by atoms with Crippen LogP contribution in [0.5, 0.6) is 0 Å². The molecule has 0 saturated carbocycles. The Kier molecular flexibility index (Phi) is 8.12. The maximum absolute atomic E-state index is 2.37. The zero-order valence-corrected chi connectivity index (χ0v) is 14.8. The molecule has 0 saturated heterocycles. The first kappa shape index (κ1) is 16.5. The van der Waals surface area contributed by atoms with E-state index in [0.29, 0.717) is 5.92 Å². The molecule has 0 heterocycles. The standard InChI is InChI=1S/C18H32Si/c1-5-8-18(7-3)19-14-13-16-9-11-17(12-10-16)15(4)6-2/h9-12,15,18H,5-8,13-14,19H2,1-4H3. The van der Waals surface area contributed by atoms with Crippen LogP contribution in [-0.4, -0.2) is 9.52 Å². The van der Waals surface area contributed by atoms with E-state index in [2.05, 4.69) is 52.0 Å². The van der Waals surface area contributed by atoms with Gasteiger partial charge in [-0.2, -0.15) is 0 Å². The van der Waals surface area contributed by atoms with Crippen molar-refractivity contribution in [2.45, 2.75) is 77.3 Å². The van der Waals surface area contributed by atoms with Gasteiger partial charge in [-0.15, -0.1) is 0 Å². The normalized spacial score (nSPS) is 14.9. The molecule has 0 nitrogen and oxygen atoms in total. The average Bonchev–Trinajstić information content (AvgIpc) is 2.46. The smallest absolute Gasteiger partial charge is 0.0235 e. The zero-order chi connectivity index (χ0) is 14.1. The van der Waals surface area contributed by atoms with Gasteiger partial charge < -0.3 is 0 Å². The highest BCUT2D eigenvalue weighted by Gasteiger charge is 2.06. The van der Waals surface area contributed by atoms with Crippen LogP contribution in [0.3, 0.4) is 0 Å². The molecule has 0 radical (unpaired) electrons. The molecule has 0 fully saturated rings. The van der Waals surface area contributed by atoms with E-state index in [1.165, 1.54) is 43.7 Å². The fourth-order valence-corrected chi connectivity index (χ4v) is 5.10. The lowest BCUT2D eigenvalue weighted by atomic mass is 9.97. The second kappa shape index (κ2) is 9.36. The summed E-state index contributed by atoms with van der Waals surface area (Å²) in [4.78, 5) is 0. The topological polar surface area (TPSA) is 0 Å². The average molecular weight is 277 g/mol. The second-order valence-electron chi connectivity index (χ2n) is 6.01. The second-order valence-corrected chi connectivity index (χ2v) is 8.45. The summed E-state index contributed by atoms with van der Waals surface area (Å²) in [7, 11) is 0.141. The largest absolute Gasteiger partial charge is 0.0654 e. The predicted octanol–water partition coefficient (Wildman–Crippen LogP) is 5.33. The van der Waals surface area contributed by atoms with Gasteiger partial charge in [0.2, 0.25) is 0 Å². The maximum Gasteiger partial charge on any atom is 0.0235 e. The van der Waals surface area contributed by atoms with E-state index < -0.39 is 0 Å². The first-order chi connectivity index (χ1) is 9.21. The van der Waals surface area contributed by atoms with Crippen LogP contribution >= 0.6 is 0 Å². The third-order valence-electron chi connectivity index (χ3n) is 4.51. The lowest BCUT2D eigenvalue weighted by molar-refractivity contribution is 0.690. The molecule has 2 atom stereocenters. The first-order valence-electron chi connectivity index (χ1n) is 8.30. The molecule has 0 spiro atoms. The Hall–Kier alpha value is -0.563.